The summed E-state index contributed by atoms with van der Waals surface area (Å²) in [6.45, 7) is 6.55. The molecule has 1 aromatic rings. The van der Waals surface area contributed by atoms with Crippen molar-refractivity contribution in [3.05, 3.63) is 29.6 Å². The quantitative estimate of drug-likeness (QED) is 0.885. The molecule has 0 saturated carbocycles. The minimum absolute atomic E-state index is 0.166. The second kappa shape index (κ2) is 6.46. The van der Waals surface area contributed by atoms with Crippen molar-refractivity contribution in [1.29, 1.82) is 0 Å². The Kier molecular flexibility index (Phi) is 4.91. The number of nitrogens with one attached hydrogen (secondary N) is 1. The molecule has 1 atom stereocenters. The summed E-state index contributed by atoms with van der Waals surface area (Å²) in [7, 11) is 1.80. The van der Waals surface area contributed by atoms with Gasteiger partial charge in [-0.2, -0.15) is 0 Å². The molecule has 19 heavy (non-hydrogen) atoms. The molecule has 1 aromatic heterocycles. The molecular weight excluding hydrogens is 240 g/mol. The van der Waals surface area contributed by atoms with Gasteiger partial charge >= 0.3 is 0 Å². The highest BCUT2D eigenvalue weighted by Crippen LogP contribution is 2.37. The summed E-state index contributed by atoms with van der Waals surface area (Å²) in [5, 5.41) is 3.56. The van der Waals surface area contributed by atoms with Gasteiger partial charge in [-0.3, -0.25) is 4.98 Å². The number of ether oxygens (including phenoxy) is 2. The Morgan fingerprint density at radius 2 is 2.16 bits per heavy atom. The molecule has 0 spiro atoms. The third-order valence-corrected chi connectivity index (χ3v) is 3.95. The van der Waals surface area contributed by atoms with Crippen LogP contribution in [0.25, 0.3) is 0 Å². The number of hydrogen-bond acceptors (Lipinski definition) is 4. The van der Waals surface area contributed by atoms with Crippen LogP contribution < -0.4 is 5.32 Å². The topological polar surface area (TPSA) is 43.4 Å². The highest BCUT2D eigenvalue weighted by Gasteiger charge is 2.41. The van der Waals surface area contributed by atoms with Crippen LogP contribution in [0.4, 0.5) is 0 Å². The van der Waals surface area contributed by atoms with Crippen LogP contribution in [-0.2, 0) is 9.47 Å². The number of pyridine rings is 1. The second-order valence-electron chi connectivity index (χ2n) is 5.10. The third kappa shape index (κ3) is 3.14. The summed E-state index contributed by atoms with van der Waals surface area (Å²) < 4.78 is 11.4. The van der Waals surface area contributed by atoms with E-state index in [1.807, 2.05) is 13.1 Å². The molecule has 4 heteroatoms. The number of hydrogen-bond donors (Lipinski definition) is 1. The molecule has 1 N–H and O–H groups in total. The van der Waals surface area contributed by atoms with Crippen LogP contribution in [0.1, 0.15) is 37.1 Å². The lowest BCUT2D eigenvalue weighted by Crippen LogP contribution is -2.49. The molecule has 106 valence electrons. The van der Waals surface area contributed by atoms with Gasteiger partial charge in [0.25, 0.3) is 0 Å². The lowest BCUT2D eigenvalue weighted by molar-refractivity contribution is -0.111. The van der Waals surface area contributed by atoms with Gasteiger partial charge < -0.3 is 14.8 Å². The molecule has 1 unspecified atom stereocenters. The van der Waals surface area contributed by atoms with Crippen LogP contribution in [0.3, 0.4) is 0 Å². The molecule has 0 aliphatic carbocycles. The SMILES string of the molecule is CCNC(c1ccc(C)nc1)C1(OC)CCOCC1. The first-order chi connectivity index (χ1) is 9.22. The van der Waals surface area contributed by atoms with Crippen molar-refractivity contribution in [3.63, 3.8) is 0 Å². The van der Waals surface area contributed by atoms with Crippen molar-refractivity contribution in [3.8, 4) is 0 Å². The van der Waals surface area contributed by atoms with Gasteiger partial charge in [0.2, 0.25) is 0 Å². The summed E-state index contributed by atoms with van der Waals surface area (Å²) >= 11 is 0. The molecule has 0 bridgehead atoms. The Morgan fingerprint density at radius 3 is 2.68 bits per heavy atom. The van der Waals surface area contributed by atoms with Crippen LogP contribution in [-0.4, -0.2) is 37.5 Å². The van der Waals surface area contributed by atoms with Gasteiger partial charge in [0, 0.05) is 45.1 Å². The van der Waals surface area contributed by atoms with E-state index in [2.05, 4.69) is 29.4 Å². The standard InChI is InChI=1S/C15H24N2O2/c1-4-16-14(13-6-5-12(2)17-11-13)15(18-3)7-9-19-10-8-15/h5-6,11,14,16H,4,7-10H2,1-3H3. The molecule has 0 aromatic carbocycles. The average molecular weight is 264 g/mol. The lowest BCUT2D eigenvalue weighted by atomic mass is 9.82. The van der Waals surface area contributed by atoms with Crippen LogP contribution in [0.2, 0.25) is 0 Å². The average Bonchev–Trinajstić information content (AvgIpc) is 2.47. The van der Waals surface area contributed by atoms with E-state index in [1.165, 1.54) is 5.56 Å². The molecular formula is C15H24N2O2. The van der Waals surface area contributed by atoms with Gasteiger partial charge in [-0.05, 0) is 25.1 Å². The van der Waals surface area contributed by atoms with Crippen LogP contribution >= 0.6 is 0 Å². The fourth-order valence-corrected chi connectivity index (χ4v) is 2.79. The first-order valence-corrected chi connectivity index (χ1v) is 7.00. The smallest absolute Gasteiger partial charge is 0.0916 e. The van der Waals surface area contributed by atoms with Crippen LogP contribution in [0, 0.1) is 6.92 Å². The Bertz CT molecular complexity index is 386. The van der Waals surface area contributed by atoms with E-state index < -0.39 is 0 Å². The van der Waals surface area contributed by atoms with E-state index in [0.717, 1.165) is 38.3 Å². The molecule has 2 heterocycles. The van der Waals surface area contributed by atoms with Gasteiger partial charge in [0.05, 0.1) is 11.6 Å². The second-order valence-corrected chi connectivity index (χ2v) is 5.10. The zero-order chi connectivity index (χ0) is 13.7. The molecule has 1 saturated heterocycles. The summed E-state index contributed by atoms with van der Waals surface area (Å²) in [5.74, 6) is 0. The maximum atomic E-state index is 5.91. The maximum absolute atomic E-state index is 5.91. The molecule has 4 nitrogen and oxygen atoms in total. The predicted octanol–water partition coefficient (Wildman–Crippen LogP) is 2.24. The van der Waals surface area contributed by atoms with Crippen molar-refractivity contribution in [1.82, 2.24) is 10.3 Å². The number of methoxy groups -OCH3 is 1. The minimum Gasteiger partial charge on any atom is -0.381 e. The zero-order valence-corrected chi connectivity index (χ0v) is 12.1. The van der Waals surface area contributed by atoms with E-state index in [0.29, 0.717) is 0 Å². The third-order valence-electron chi connectivity index (χ3n) is 3.95. The number of nitrogens with zero attached hydrogens (tertiary/aromatic N) is 1. The molecule has 2 rings (SSSR count). The van der Waals surface area contributed by atoms with E-state index >= 15 is 0 Å². The largest absolute Gasteiger partial charge is 0.381 e. The van der Waals surface area contributed by atoms with Crippen molar-refractivity contribution >= 4 is 0 Å². The Hall–Kier alpha value is -0.970. The summed E-state index contributed by atoms with van der Waals surface area (Å²) in [5.41, 5.74) is 2.04. The minimum atomic E-state index is -0.189. The van der Waals surface area contributed by atoms with E-state index in [-0.39, 0.29) is 11.6 Å². The van der Waals surface area contributed by atoms with Gasteiger partial charge in [0.15, 0.2) is 0 Å². The summed E-state index contributed by atoms with van der Waals surface area (Å²) in [6.07, 6.45) is 3.78. The Labute approximate surface area is 115 Å². The van der Waals surface area contributed by atoms with Gasteiger partial charge in [-0.15, -0.1) is 0 Å². The van der Waals surface area contributed by atoms with Crippen LogP contribution in [0.15, 0.2) is 18.3 Å². The van der Waals surface area contributed by atoms with E-state index in [1.54, 1.807) is 7.11 Å². The normalized spacial score (nSPS) is 20.2. The number of aromatic nitrogens is 1. The Balaban J connectivity index is 2.29. The van der Waals surface area contributed by atoms with Crippen molar-refractivity contribution in [2.45, 2.75) is 38.3 Å². The van der Waals surface area contributed by atoms with E-state index in [9.17, 15) is 0 Å². The number of rotatable bonds is 5. The van der Waals surface area contributed by atoms with Gasteiger partial charge in [-0.25, -0.2) is 0 Å². The van der Waals surface area contributed by atoms with Crippen molar-refractivity contribution in [2.24, 2.45) is 0 Å². The first kappa shape index (κ1) is 14.4. The zero-order valence-electron chi connectivity index (χ0n) is 12.1. The molecule has 1 aliphatic rings. The fraction of sp³-hybridized carbons (Fsp3) is 0.667. The lowest BCUT2D eigenvalue weighted by Gasteiger charge is -2.42. The summed E-state index contributed by atoms with van der Waals surface area (Å²) in [4.78, 5) is 4.42. The number of aryl methyl sites for hydroxylation is 1. The van der Waals surface area contributed by atoms with E-state index in [4.69, 9.17) is 9.47 Å². The highest BCUT2D eigenvalue weighted by molar-refractivity contribution is 5.21. The maximum Gasteiger partial charge on any atom is 0.0916 e. The fourth-order valence-electron chi connectivity index (χ4n) is 2.79. The number of likely N-dealkylation sites (N-methyl/N-ethyl adjacent to an activating group) is 1. The summed E-state index contributed by atoms with van der Waals surface area (Å²) in [6, 6.07) is 4.37. The highest BCUT2D eigenvalue weighted by atomic mass is 16.5. The first-order valence-electron chi connectivity index (χ1n) is 7.00. The van der Waals surface area contributed by atoms with Gasteiger partial charge in [0.1, 0.15) is 0 Å². The molecule has 1 fully saturated rings. The van der Waals surface area contributed by atoms with Gasteiger partial charge in [-0.1, -0.05) is 13.0 Å². The van der Waals surface area contributed by atoms with Crippen LogP contribution in [0.5, 0.6) is 0 Å². The predicted molar refractivity (Wildman–Crippen MR) is 75.2 cm³/mol. The molecule has 0 radical (unpaired) electrons. The molecule has 0 amide bonds. The monoisotopic (exact) mass is 264 g/mol. The van der Waals surface area contributed by atoms with Crippen molar-refractivity contribution < 1.29 is 9.47 Å². The molecule has 1 aliphatic heterocycles. The van der Waals surface area contributed by atoms with Crippen molar-refractivity contribution in [2.75, 3.05) is 26.9 Å². The Morgan fingerprint density at radius 1 is 1.42 bits per heavy atom.